The summed E-state index contributed by atoms with van der Waals surface area (Å²) < 4.78 is 0. The summed E-state index contributed by atoms with van der Waals surface area (Å²) in [6.45, 7) is 1.94. The average Bonchev–Trinajstić information content (AvgIpc) is 3.37. The van der Waals surface area contributed by atoms with Gasteiger partial charge < -0.3 is 5.11 Å². The third-order valence-corrected chi connectivity index (χ3v) is 5.71. The number of aryl methyl sites for hydroxylation is 1. The van der Waals surface area contributed by atoms with E-state index < -0.39 is 17.7 Å². The monoisotopic (exact) mass is 384 g/mol. The lowest BCUT2D eigenvalue weighted by molar-refractivity contribution is -0.132. The molecule has 1 atom stereocenters. The molecule has 1 unspecified atom stereocenters. The molecule has 26 heavy (non-hydrogen) atoms. The summed E-state index contributed by atoms with van der Waals surface area (Å²) in [5.74, 6) is -1.74. The van der Waals surface area contributed by atoms with Crippen molar-refractivity contribution in [1.82, 2.24) is 15.2 Å². The van der Waals surface area contributed by atoms with Gasteiger partial charge in [-0.1, -0.05) is 11.3 Å². The lowest BCUT2D eigenvalue weighted by atomic mass is 10.0. The standard InChI is InChI=1S/C17H12N4O3S2/c1-9-4-5-11(26-9)13-12(14(22)10-3-2-6-18-7-10)15(23)16(24)21(13)17-20-19-8-25-17/h2-8,13,22H,1H3/b14-12+. The number of Topliss-reactive ketones (excluding diaryl/α,β-unsaturated/α-hetero) is 1. The summed E-state index contributed by atoms with van der Waals surface area (Å²) in [4.78, 5) is 32.5. The van der Waals surface area contributed by atoms with Gasteiger partial charge in [-0.25, -0.2) is 0 Å². The van der Waals surface area contributed by atoms with Crippen molar-refractivity contribution in [3.8, 4) is 0 Å². The van der Waals surface area contributed by atoms with Crippen molar-refractivity contribution in [2.45, 2.75) is 13.0 Å². The molecule has 0 bridgehead atoms. The quantitative estimate of drug-likeness (QED) is 0.424. The Labute approximate surface area is 156 Å². The van der Waals surface area contributed by atoms with Gasteiger partial charge >= 0.3 is 5.91 Å². The van der Waals surface area contributed by atoms with Gasteiger partial charge in [0.05, 0.1) is 5.57 Å². The van der Waals surface area contributed by atoms with E-state index in [0.29, 0.717) is 10.7 Å². The van der Waals surface area contributed by atoms with Crippen LogP contribution in [0.25, 0.3) is 5.76 Å². The first kappa shape index (κ1) is 16.6. The number of thiophene rings is 1. The molecule has 7 nitrogen and oxygen atoms in total. The highest BCUT2D eigenvalue weighted by Crippen LogP contribution is 2.44. The highest BCUT2D eigenvalue weighted by molar-refractivity contribution is 7.14. The number of aromatic nitrogens is 3. The molecule has 1 amide bonds. The van der Waals surface area contributed by atoms with Crippen molar-refractivity contribution in [3.05, 3.63) is 63.1 Å². The van der Waals surface area contributed by atoms with Gasteiger partial charge in [0.2, 0.25) is 5.13 Å². The van der Waals surface area contributed by atoms with Crippen LogP contribution in [-0.2, 0) is 9.59 Å². The van der Waals surface area contributed by atoms with Gasteiger partial charge in [-0.05, 0) is 31.2 Å². The van der Waals surface area contributed by atoms with E-state index in [2.05, 4.69) is 15.2 Å². The van der Waals surface area contributed by atoms with Gasteiger partial charge in [0, 0.05) is 27.7 Å². The van der Waals surface area contributed by atoms with Crippen molar-refractivity contribution in [1.29, 1.82) is 0 Å². The molecule has 0 aromatic carbocycles. The largest absolute Gasteiger partial charge is 0.507 e. The Kier molecular flexibility index (Phi) is 4.09. The van der Waals surface area contributed by atoms with E-state index in [1.54, 1.807) is 18.3 Å². The van der Waals surface area contributed by atoms with E-state index in [1.165, 1.54) is 27.9 Å². The van der Waals surface area contributed by atoms with Crippen LogP contribution in [0, 0.1) is 6.92 Å². The molecule has 3 aromatic heterocycles. The number of ketones is 1. The van der Waals surface area contributed by atoms with E-state index >= 15 is 0 Å². The molecule has 1 saturated heterocycles. The highest BCUT2D eigenvalue weighted by atomic mass is 32.1. The molecule has 1 aliphatic rings. The molecule has 0 saturated carbocycles. The number of carbonyl (C=O) groups excluding carboxylic acids is 2. The van der Waals surface area contributed by atoms with Crippen LogP contribution in [0.3, 0.4) is 0 Å². The first-order valence-electron chi connectivity index (χ1n) is 7.62. The second kappa shape index (κ2) is 6.43. The fourth-order valence-electron chi connectivity index (χ4n) is 2.83. The van der Waals surface area contributed by atoms with Crippen molar-refractivity contribution in [2.75, 3.05) is 4.90 Å². The minimum absolute atomic E-state index is 0.0278. The molecule has 4 heterocycles. The normalized spacial score (nSPS) is 19.3. The molecule has 0 spiro atoms. The van der Waals surface area contributed by atoms with Gasteiger partial charge in [0.15, 0.2) is 0 Å². The Balaban J connectivity index is 1.94. The molecule has 3 aromatic rings. The second-order valence-electron chi connectivity index (χ2n) is 5.58. The summed E-state index contributed by atoms with van der Waals surface area (Å²) >= 11 is 2.62. The van der Waals surface area contributed by atoms with Crippen molar-refractivity contribution < 1.29 is 14.7 Å². The van der Waals surface area contributed by atoms with E-state index in [-0.39, 0.29) is 11.3 Å². The Hall–Kier alpha value is -2.91. The summed E-state index contributed by atoms with van der Waals surface area (Å²) in [5, 5.41) is 18.8. The Morgan fingerprint density at radius 2 is 2.12 bits per heavy atom. The number of anilines is 1. The molecule has 0 aliphatic carbocycles. The lowest BCUT2D eigenvalue weighted by Gasteiger charge is -2.20. The number of nitrogens with zero attached hydrogens (tertiary/aromatic N) is 4. The van der Waals surface area contributed by atoms with Crippen LogP contribution in [0.2, 0.25) is 0 Å². The van der Waals surface area contributed by atoms with Crippen LogP contribution in [0.4, 0.5) is 5.13 Å². The summed E-state index contributed by atoms with van der Waals surface area (Å²) in [6, 6.07) is 6.30. The topological polar surface area (TPSA) is 96.3 Å². The first-order valence-corrected chi connectivity index (χ1v) is 9.31. The number of carbonyl (C=O) groups is 2. The predicted octanol–water partition coefficient (Wildman–Crippen LogP) is 2.93. The number of rotatable bonds is 3. The minimum atomic E-state index is -0.752. The van der Waals surface area contributed by atoms with E-state index in [0.717, 1.165) is 21.1 Å². The predicted molar refractivity (Wildman–Crippen MR) is 98.0 cm³/mol. The minimum Gasteiger partial charge on any atom is -0.507 e. The van der Waals surface area contributed by atoms with Crippen LogP contribution in [0.1, 0.15) is 21.4 Å². The molecule has 1 N–H and O–H groups in total. The molecule has 1 aliphatic heterocycles. The third kappa shape index (κ3) is 2.61. The van der Waals surface area contributed by atoms with E-state index in [4.69, 9.17) is 0 Å². The maximum atomic E-state index is 12.7. The molecule has 0 radical (unpaired) electrons. The van der Waals surface area contributed by atoms with Crippen LogP contribution < -0.4 is 4.90 Å². The average molecular weight is 384 g/mol. The Morgan fingerprint density at radius 1 is 1.27 bits per heavy atom. The van der Waals surface area contributed by atoms with Gasteiger partial charge in [0.25, 0.3) is 5.78 Å². The first-order chi connectivity index (χ1) is 12.6. The number of hydrogen-bond donors (Lipinski definition) is 1. The zero-order chi connectivity index (χ0) is 18.3. The van der Waals surface area contributed by atoms with E-state index in [1.807, 2.05) is 19.1 Å². The SMILES string of the molecule is Cc1ccc(C2/C(=C(\O)c3cccnc3)C(=O)C(=O)N2c2nncs2)s1. The van der Waals surface area contributed by atoms with Crippen LogP contribution in [0.5, 0.6) is 0 Å². The molecule has 1 fully saturated rings. The Bertz CT molecular complexity index is 1010. The fourth-order valence-corrected chi connectivity index (χ4v) is 4.39. The van der Waals surface area contributed by atoms with Crippen molar-refractivity contribution in [3.63, 3.8) is 0 Å². The highest BCUT2D eigenvalue weighted by Gasteiger charge is 2.48. The van der Waals surface area contributed by atoms with Gasteiger partial charge in [0.1, 0.15) is 17.3 Å². The second-order valence-corrected chi connectivity index (χ2v) is 7.71. The molecule has 4 rings (SSSR count). The fraction of sp³-hybridized carbons (Fsp3) is 0.118. The maximum absolute atomic E-state index is 12.7. The van der Waals surface area contributed by atoms with Gasteiger partial charge in [-0.2, -0.15) is 0 Å². The number of aliphatic hydroxyl groups excluding tert-OH is 1. The number of hydrogen-bond acceptors (Lipinski definition) is 8. The molecular formula is C17H12N4O3S2. The maximum Gasteiger partial charge on any atom is 0.301 e. The Morgan fingerprint density at radius 3 is 2.73 bits per heavy atom. The molecule has 130 valence electrons. The van der Waals surface area contributed by atoms with Crippen molar-refractivity contribution in [2.24, 2.45) is 0 Å². The van der Waals surface area contributed by atoms with Crippen LogP contribution in [-0.4, -0.2) is 32.0 Å². The number of pyridine rings is 1. The van der Waals surface area contributed by atoms with E-state index in [9.17, 15) is 14.7 Å². The van der Waals surface area contributed by atoms with Crippen LogP contribution >= 0.6 is 22.7 Å². The lowest BCUT2D eigenvalue weighted by Crippen LogP contribution is -2.29. The zero-order valence-corrected chi connectivity index (χ0v) is 15.1. The summed E-state index contributed by atoms with van der Waals surface area (Å²) in [7, 11) is 0. The molecule has 9 heteroatoms. The van der Waals surface area contributed by atoms with Crippen LogP contribution in [0.15, 0.2) is 47.7 Å². The van der Waals surface area contributed by atoms with Crippen molar-refractivity contribution >= 4 is 45.3 Å². The third-order valence-electron chi connectivity index (χ3n) is 3.96. The van der Waals surface area contributed by atoms with Gasteiger partial charge in [-0.3, -0.25) is 19.5 Å². The summed E-state index contributed by atoms with van der Waals surface area (Å²) in [6.07, 6.45) is 3.02. The number of amides is 1. The smallest absolute Gasteiger partial charge is 0.301 e. The molecular weight excluding hydrogens is 372 g/mol. The summed E-state index contributed by atoms with van der Waals surface area (Å²) in [5.41, 5.74) is 1.90. The number of aliphatic hydroxyl groups is 1. The van der Waals surface area contributed by atoms with Gasteiger partial charge in [-0.15, -0.1) is 21.5 Å². The zero-order valence-electron chi connectivity index (χ0n) is 13.5.